The van der Waals surface area contributed by atoms with Crippen LogP contribution in [-0.4, -0.2) is 49.5 Å². The monoisotopic (exact) mass is 261 g/mol. The second-order valence-corrected chi connectivity index (χ2v) is 4.96. The van der Waals surface area contributed by atoms with Crippen LogP contribution >= 0.6 is 0 Å². The first-order chi connectivity index (χ1) is 9.38. The van der Waals surface area contributed by atoms with Crippen LogP contribution in [0.15, 0.2) is 48.1 Å². The van der Waals surface area contributed by atoms with Crippen LogP contribution < -0.4 is 0 Å². The van der Waals surface area contributed by atoms with Crippen molar-refractivity contribution in [3.63, 3.8) is 0 Å². The van der Waals surface area contributed by atoms with E-state index in [0.717, 1.165) is 26.1 Å². The van der Waals surface area contributed by atoms with E-state index in [1.54, 1.807) is 0 Å². The molecule has 0 saturated heterocycles. The molecule has 0 atom stereocenters. The fraction of sp³-hybridized carbons (Fsp3) is 0.500. The molecule has 0 spiro atoms. The Bertz CT molecular complexity index is 370. The number of aliphatic hydroxyl groups is 1. The summed E-state index contributed by atoms with van der Waals surface area (Å²) in [6.45, 7) is 4.17. The summed E-state index contributed by atoms with van der Waals surface area (Å²) in [4.78, 5) is 2.43. The van der Waals surface area contributed by atoms with Crippen molar-refractivity contribution in [2.75, 3.05) is 39.5 Å². The second kappa shape index (κ2) is 8.10. The Morgan fingerprint density at radius 3 is 2.74 bits per heavy atom. The van der Waals surface area contributed by atoms with Gasteiger partial charge >= 0.3 is 0 Å². The Morgan fingerprint density at radius 1 is 1.21 bits per heavy atom. The van der Waals surface area contributed by atoms with Crippen LogP contribution in [0.1, 0.15) is 6.42 Å². The van der Waals surface area contributed by atoms with Gasteiger partial charge in [0.25, 0.3) is 0 Å². The molecule has 0 saturated carbocycles. The smallest absolute Gasteiger partial charge is 0.0698 e. The van der Waals surface area contributed by atoms with Crippen molar-refractivity contribution >= 4 is 0 Å². The van der Waals surface area contributed by atoms with E-state index in [2.05, 4.69) is 47.4 Å². The molecule has 0 radical (unpaired) electrons. The molecule has 0 bridgehead atoms. The SMILES string of the molecule is OCCOCCN(CC1=CC=CC1)CC1C=CC=C1. The van der Waals surface area contributed by atoms with Gasteiger partial charge in [-0.25, -0.2) is 0 Å². The molecule has 104 valence electrons. The van der Waals surface area contributed by atoms with Gasteiger partial charge in [-0.15, -0.1) is 0 Å². The van der Waals surface area contributed by atoms with E-state index in [4.69, 9.17) is 9.84 Å². The number of ether oxygens (including phenoxy) is 1. The van der Waals surface area contributed by atoms with Crippen LogP contribution in [0.5, 0.6) is 0 Å². The summed E-state index contributed by atoms with van der Waals surface area (Å²) in [5.74, 6) is 0.521. The normalized spacial score (nSPS) is 17.9. The van der Waals surface area contributed by atoms with Gasteiger partial charge in [0, 0.05) is 25.6 Å². The van der Waals surface area contributed by atoms with Gasteiger partial charge in [0.05, 0.1) is 19.8 Å². The van der Waals surface area contributed by atoms with E-state index in [9.17, 15) is 0 Å². The van der Waals surface area contributed by atoms with Gasteiger partial charge in [-0.1, -0.05) is 48.1 Å². The molecule has 2 aliphatic rings. The van der Waals surface area contributed by atoms with Crippen molar-refractivity contribution in [2.24, 2.45) is 5.92 Å². The summed E-state index contributed by atoms with van der Waals surface area (Å²) in [5, 5.41) is 8.72. The van der Waals surface area contributed by atoms with E-state index >= 15 is 0 Å². The van der Waals surface area contributed by atoms with Gasteiger partial charge in [0.2, 0.25) is 0 Å². The molecule has 19 heavy (non-hydrogen) atoms. The van der Waals surface area contributed by atoms with Gasteiger partial charge < -0.3 is 9.84 Å². The molecule has 0 aromatic rings. The number of hydrogen-bond donors (Lipinski definition) is 1. The minimum atomic E-state index is 0.100. The first-order valence-corrected chi connectivity index (χ1v) is 6.99. The highest BCUT2D eigenvalue weighted by Gasteiger charge is 2.13. The van der Waals surface area contributed by atoms with Gasteiger partial charge in [-0.2, -0.15) is 0 Å². The largest absolute Gasteiger partial charge is 0.394 e. The molecule has 2 aliphatic carbocycles. The zero-order valence-electron chi connectivity index (χ0n) is 11.4. The Labute approximate surface area is 115 Å². The van der Waals surface area contributed by atoms with Gasteiger partial charge in [0.15, 0.2) is 0 Å². The highest BCUT2D eigenvalue weighted by Crippen LogP contribution is 2.15. The minimum Gasteiger partial charge on any atom is -0.394 e. The zero-order chi connectivity index (χ0) is 13.3. The molecular formula is C16H23NO2. The fourth-order valence-corrected chi connectivity index (χ4v) is 2.39. The summed E-state index contributed by atoms with van der Waals surface area (Å²) in [6.07, 6.45) is 16.3. The molecule has 0 aromatic carbocycles. The second-order valence-electron chi connectivity index (χ2n) is 4.96. The summed E-state index contributed by atoms with van der Waals surface area (Å²) in [7, 11) is 0. The zero-order valence-corrected chi connectivity index (χ0v) is 11.4. The average molecular weight is 261 g/mol. The lowest BCUT2D eigenvalue weighted by Gasteiger charge is -2.24. The number of nitrogens with zero attached hydrogens (tertiary/aromatic N) is 1. The Balaban J connectivity index is 1.77. The van der Waals surface area contributed by atoms with Crippen molar-refractivity contribution in [2.45, 2.75) is 6.42 Å². The quantitative estimate of drug-likeness (QED) is 0.644. The average Bonchev–Trinajstić information content (AvgIpc) is 3.08. The van der Waals surface area contributed by atoms with Gasteiger partial charge in [-0.3, -0.25) is 4.90 Å². The molecule has 2 rings (SSSR count). The van der Waals surface area contributed by atoms with E-state index in [0.29, 0.717) is 19.1 Å². The number of hydrogen-bond acceptors (Lipinski definition) is 3. The topological polar surface area (TPSA) is 32.7 Å². The summed E-state index contributed by atoms with van der Waals surface area (Å²) in [6, 6.07) is 0. The van der Waals surface area contributed by atoms with E-state index in [1.165, 1.54) is 5.57 Å². The predicted octanol–water partition coefficient (Wildman–Crippen LogP) is 1.93. The molecular weight excluding hydrogens is 238 g/mol. The van der Waals surface area contributed by atoms with Crippen LogP contribution in [0.2, 0.25) is 0 Å². The molecule has 0 heterocycles. The summed E-state index contributed by atoms with van der Waals surface area (Å²) < 4.78 is 5.38. The third kappa shape index (κ3) is 5.15. The van der Waals surface area contributed by atoms with Crippen molar-refractivity contribution in [1.82, 2.24) is 4.90 Å². The maximum atomic E-state index is 8.72. The molecule has 0 fully saturated rings. The maximum Gasteiger partial charge on any atom is 0.0698 e. The third-order valence-corrected chi connectivity index (χ3v) is 3.36. The number of rotatable bonds is 9. The highest BCUT2D eigenvalue weighted by atomic mass is 16.5. The van der Waals surface area contributed by atoms with E-state index in [1.807, 2.05) is 0 Å². The van der Waals surface area contributed by atoms with Crippen LogP contribution in [0, 0.1) is 5.92 Å². The Hall–Kier alpha value is -1.16. The Kier molecular flexibility index (Phi) is 6.08. The first kappa shape index (κ1) is 14.3. The third-order valence-electron chi connectivity index (χ3n) is 3.36. The fourth-order valence-electron chi connectivity index (χ4n) is 2.39. The first-order valence-electron chi connectivity index (χ1n) is 6.99. The van der Waals surface area contributed by atoms with Gasteiger partial charge in [-0.05, 0) is 6.42 Å². The number of allylic oxidation sites excluding steroid dienone is 5. The lowest BCUT2D eigenvalue weighted by molar-refractivity contribution is 0.0744. The predicted molar refractivity (Wildman–Crippen MR) is 78.0 cm³/mol. The summed E-state index contributed by atoms with van der Waals surface area (Å²) in [5.41, 5.74) is 1.47. The van der Waals surface area contributed by atoms with Gasteiger partial charge in [0.1, 0.15) is 0 Å². The van der Waals surface area contributed by atoms with Crippen LogP contribution in [0.25, 0.3) is 0 Å². The standard InChI is InChI=1S/C16H23NO2/c18-10-12-19-11-9-17(13-15-5-1-2-6-15)14-16-7-3-4-8-16/h1-7,15,18H,8-14H2. The highest BCUT2D eigenvalue weighted by molar-refractivity contribution is 5.24. The molecule has 0 aliphatic heterocycles. The minimum absolute atomic E-state index is 0.100. The number of aliphatic hydroxyl groups excluding tert-OH is 1. The van der Waals surface area contributed by atoms with Crippen molar-refractivity contribution in [3.05, 3.63) is 48.1 Å². The Morgan fingerprint density at radius 2 is 2.05 bits per heavy atom. The van der Waals surface area contributed by atoms with E-state index < -0.39 is 0 Å². The van der Waals surface area contributed by atoms with E-state index in [-0.39, 0.29) is 6.61 Å². The van der Waals surface area contributed by atoms with Crippen LogP contribution in [-0.2, 0) is 4.74 Å². The van der Waals surface area contributed by atoms with Crippen molar-refractivity contribution in [3.8, 4) is 0 Å². The lowest BCUT2D eigenvalue weighted by atomic mass is 10.1. The maximum absolute atomic E-state index is 8.72. The lowest BCUT2D eigenvalue weighted by Crippen LogP contribution is -2.33. The molecule has 0 aromatic heterocycles. The molecule has 3 heteroatoms. The van der Waals surface area contributed by atoms with Crippen LogP contribution in [0.3, 0.4) is 0 Å². The molecule has 0 unspecified atom stereocenters. The molecule has 3 nitrogen and oxygen atoms in total. The van der Waals surface area contributed by atoms with Crippen LogP contribution in [0.4, 0.5) is 0 Å². The van der Waals surface area contributed by atoms with Crippen molar-refractivity contribution < 1.29 is 9.84 Å². The molecule has 1 N–H and O–H groups in total. The molecule has 0 amide bonds. The van der Waals surface area contributed by atoms with Crippen molar-refractivity contribution in [1.29, 1.82) is 0 Å². The summed E-state index contributed by atoms with van der Waals surface area (Å²) >= 11 is 0.